The Morgan fingerprint density at radius 3 is 2.67 bits per heavy atom. The second kappa shape index (κ2) is 3.76. The molecule has 0 aliphatic heterocycles. The SMILES string of the molecule is CCN(C)C(=O)NC1CC(N)C1. The molecular formula is C8H17N3O. The molecule has 0 heterocycles. The lowest BCUT2D eigenvalue weighted by Crippen LogP contribution is -2.53. The summed E-state index contributed by atoms with van der Waals surface area (Å²) in [7, 11) is 1.79. The highest BCUT2D eigenvalue weighted by atomic mass is 16.2. The maximum atomic E-state index is 11.3. The highest BCUT2D eigenvalue weighted by Gasteiger charge is 2.27. The Balaban J connectivity index is 2.18. The first kappa shape index (κ1) is 9.32. The molecule has 0 unspecified atom stereocenters. The van der Waals surface area contributed by atoms with Crippen molar-refractivity contribution in [2.45, 2.75) is 31.8 Å². The van der Waals surface area contributed by atoms with Crippen molar-refractivity contribution in [3.63, 3.8) is 0 Å². The number of nitrogens with two attached hydrogens (primary N) is 1. The molecule has 0 aromatic heterocycles. The Labute approximate surface area is 73.1 Å². The average molecular weight is 171 g/mol. The van der Waals surface area contributed by atoms with Crippen molar-refractivity contribution in [2.75, 3.05) is 13.6 Å². The summed E-state index contributed by atoms with van der Waals surface area (Å²) >= 11 is 0. The molecule has 4 heteroatoms. The van der Waals surface area contributed by atoms with Crippen LogP contribution in [0.4, 0.5) is 4.79 Å². The summed E-state index contributed by atoms with van der Waals surface area (Å²) in [4.78, 5) is 12.9. The summed E-state index contributed by atoms with van der Waals surface area (Å²) < 4.78 is 0. The van der Waals surface area contributed by atoms with E-state index in [0.717, 1.165) is 19.4 Å². The largest absolute Gasteiger partial charge is 0.335 e. The molecule has 2 amide bonds. The van der Waals surface area contributed by atoms with Crippen molar-refractivity contribution >= 4 is 6.03 Å². The molecule has 0 saturated heterocycles. The zero-order valence-corrected chi connectivity index (χ0v) is 7.71. The van der Waals surface area contributed by atoms with Crippen LogP contribution in [0.15, 0.2) is 0 Å². The van der Waals surface area contributed by atoms with Crippen LogP contribution in [0.25, 0.3) is 0 Å². The van der Waals surface area contributed by atoms with Gasteiger partial charge in [-0.3, -0.25) is 0 Å². The van der Waals surface area contributed by atoms with Crippen LogP contribution < -0.4 is 11.1 Å². The van der Waals surface area contributed by atoms with E-state index in [4.69, 9.17) is 5.73 Å². The van der Waals surface area contributed by atoms with Gasteiger partial charge in [0.25, 0.3) is 0 Å². The molecule has 0 aromatic rings. The maximum absolute atomic E-state index is 11.3. The van der Waals surface area contributed by atoms with E-state index in [9.17, 15) is 4.79 Å². The van der Waals surface area contributed by atoms with Crippen molar-refractivity contribution in [1.29, 1.82) is 0 Å². The molecule has 1 saturated carbocycles. The fourth-order valence-electron chi connectivity index (χ4n) is 1.21. The normalized spacial score (nSPS) is 27.6. The molecule has 70 valence electrons. The Hall–Kier alpha value is -0.770. The quantitative estimate of drug-likeness (QED) is 0.620. The zero-order valence-electron chi connectivity index (χ0n) is 7.71. The fraction of sp³-hybridized carbons (Fsp3) is 0.875. The Kier molecular flexibility index (Phi) is 2.92. The second-order valence-corrected chi connectivity index (χ2v) is 3.39. The van der Waals surface area contributed by atoms with Gasteiger partial charge in [-0.25, -0.2) is 4.79 Å². The lowest BCUT2D eigenvalue weighted by Gasteiger charge is -2.34. The summed E-state index contributed by atoms with van der Waals surface area (Å²) in [6, 6.07) is 0.609. The number of urea groups is 1. The lowest BCUT2D eigenvalue weighted by atomic mass is 9.88. The highest BCUT2D eigenvalue weighted by molar-refractivity contribution is 5.74. The number of amides is 2. The summed E-state index contributed by atoms with van der Waals surface area (Å²) in [6.07, 6.45) is 1.84. The molecule has 12 heavy (non-hydrogen) atoms. The predicted molar refractivity (Wildman–Crippen MR) is 47.8 cm³/mol. The van der Waals surface area contributed by atoms with Gasteiger partial charge in [0.1, 0.15) is 0 Å². The smallest absolute Gasteiger partial charge is 0.317 e. The molecule has 3 N–H and O–H groups in total. The standard InChI is InChI=1S/C8H17N3O/c1-3-11(2)8(12)10-7-4-6(9)5-7/h6-7H,3-5,9H2,1-2H3,(H,10,12). The van der Waals surface area contributed by atoms with E-state index < -0.39 is 0 Å². The van der Waals surface area contributed by atoms with E-state index in [1.165, 1.54) is 0 Å². The van der Waals surface area contributed by atoms with Gasteiger partial charge in [0, 0.05) is 25.7 Å². The highest BCUT2D eigenvalue weighted by Crippen LogP contribution is 2.17. The Morgan fingerprint density at radius 2 is 2.25 bits per heavy atom. The summed E-state index contributed by atoms with van der Waals surface area (Å²) in [5, 5.41) is 2.90. The van der Waals surface area contributed by atoms with E-state index in [-0.39, 0.29) is 6.03 Å². The molecule has 0 aromatic carbocycles. The van der Waals surface area contributed by atoms with Crippen molar-refractivity contribution in [2.24, 2.45) is 5.73 Å². The topological polar surface area (TPSA) is 58.4 Å². The molecule has 0 atom stereocenters. The Bertz CT molecular complexity index is 166. The number of carbonyl (C=O) groups is 1. The lowest BCUT2D eigenvalue weighted by molar-refractivity contribution is 0.194. The predicted octanol–water partition coefficient (Wildman–Crippen LogP) is 0.137. The van der Waals surface area contributed by atoms with Crippen LogP contribution in [0.5, 0.6) is 0 Å². The molecule has 0 bridgehead atoms. The number of hydrogen-bond acceptors (Lipinski definition) is 2. The minimum atomic E-state index is 0.00870. The molecule has 0 spiro atoms. The van der Waals surface area contributed by atoms with Crippen LogP contribution in [0.3, 0.4) is 0 Å². The average Bonchev–Trinajstić information content (AvgIpc) is 2.00. The first-order chi connectivity index (χ1) is 5.63. The van der Waals surface area contributed by atoms with Gasteiger partial charge in [-0.1, -0.05) is 0 Å². The van der Waals surface area contributed by atoms with Gasteiger partial charge in [0.05, 0.1) is 0 Å². The minimum Gasteiger partial charge on any atom is -0.335 e. The van der Waals surface area contributed by atoms with Crippen LogP contribution in [-0.4, -0.2) is 36.6 Å². The van der Waals surface area contributed by atoms with Gasteiger partial charge >= 0.3 is 6.03 Å². The molecule has 1 aliphatic carbocycles. The van der Waals surface area contributed by atoms with E-state index in [2.05, 4.69) is 5.32 Å². The monoisotopic (exact) mass is 171 g/mol. The number of carbonyl (C=O) groups excluding carboxylic acids is 1. The summed E-state index contributed by atoms with van der Waals surface area (Å²) in [6.45, 7) is 2.69. The van der Waals surface area contributed by atoms with E-state index in [0.29, 0.717) is 12.1 Å². The van der Waals surface area contributed by atoms with Crippen molar-refractivity contribution in [1.82, 2.24) is 10.2 Å². The van der Waals surface area contributed by atoms with Crippen molar-refractivity contribution in [3.8, 4) is 0 Å². The van der Waals surface area contributed by atoms with Gasteiger partial charge < -0.3 is 16.0 Å². The Morgan fingerprint density at radius 1 is 1.67 bits per heavy atom. The third-order valence-electron chi connectivity index (χ3n) is 2.32. The van der Waals surface area contributed by atoms with Gasteiger partial charge in [-0.2, -0.15) is 0 Å². The molecule has 0 radical (unpaired) electrons. The van der Waals surface area contributed by atoms with Gasteiger partial charge in [0.2, 0.25) is 0 Å². The fourth-order valence-corrected chi connectivity index (χ4v) is 1.21. The van der Waals surface area contributed by atoms with Crippen LogP contribution in [0.2, 0.25) is 0 Å². The number of rotatable bonds is 2. The van der Waals surface area contributed by atoms with Crippen molar-refractivity contribution < 1.29 is 4.79 Å². The number of nitrogens with zero attached hydrogens (tertiary/aromatic N) is 1. The molecule has 4 nitrogen and oxygen atoms in total. The minimum absolute atomic E-state index is 0.00870. The molecule has 1 aliphatic rings. The second-order valence-electron chi connectivity index (χ2n) is 3.39. The van der Waals surface area contributed by atoms with E-state index in [1.807, 2.05) is 6.92 Å². The van der Waals surface area contributed by atoms with Gasteiger partial charge in [0.15, 0.2) is 0 Å². The van der Waals surface area contributed by atoms with Crippen molar-refractivity contribution in [3.05, 3.63) is 0 Å². The molecular weight excluding hydrogens is 154 g/mol. The summed E-state index contributed by atoms with van der Waals surface area (Å²) in [5.41, 5.74) is 5.59. The van der Waals surface area contributed by atoms with E-state index in [1.54, 1.807) is 11.9 Å². The molecule has 1 fully saturated rings. The van der Waals surface area contributed by atoms with Crippen LogP contribution in [0, 0.1) is 0 Å². The van der Waals surface area contributed by atoms with E-state index >= 15 is 0 Å². The van der Waals surface area contributed by atoms with Crippen LogP contribution >= 0.6 is 0 Å². The third-order valence-corrected chi connectivity index (χ3v) is 2.32. The van der Waals surface area contributed by atoms with Gasteiger partial charge in [-0.15, -0.1) is 0 Å². The zero-order chi connectivity index (χ0) is 9.14. The first-order valence-electron chi connectivity index (χ1n) is 4.40. The number of hydrogen-bond donors (Lipinski definition) is 2. The number of nitrogens with one attached hydrogen (secondary N) is 1. The van der Waals surface area contributed by atoms with Crippen LogP contribution in [-0.2, 0) is 0 Å². The maximum Gasteiger partial charge on any atom is 0.317 e. The third kappa shape index (κ3) is 2.11. The summed E-state index contributed by atoms with van der Waals surface area (Å²) in [5.74, 6) is 0. The van der Waals surface area contributed by atoms with Gasteiger partial charge in [-0.05, 0) is 19.8 Å². The first-order valence-corrected chi connectivity index (χ1v) is 4.40. The molecule has 1 rings (SSSR count). The van der Waals surface area contributed by atoms with Crippen LogP contribution in [0.1, 0.15) is 19.8 Å².